The Morgan fingerprint density at radius 3 is 2.33 bits per heavy atom. The van der Waals surface area contributed by atoms with Crippen molar-refractivity contribution in [3.05, 3.63) is 71.2 Å². The van der Waals surface area contributed by atoms with Gasteiger partial charge in [-0.15, -0.1) is 0 Å². The zero-order valence-corrected chi connectivity index (χ0v) is 15.1. The molecule has 0 saturated heterocycles. The highest BCUT2D eigenvalue weighted by Crippen LogP contribution is 2.29. The fourth-order valence-electron chi connectivity index (χ4n) is 2.82. The van der Waals surface area contributed by atoms with Crippen molar-refractivity contribution in [3.63, 3.8) is 0 Å². The summed E-state index contributed by atoms with van der Waals surface area (Å²) >= 11 is 5.99. The molecule has 0 fully saturated rings. The summed E-state index contributed by atoms with van der Waals surface area (Å²) < 4.78 is 27.7. The lowest BCUT2D eigenvalue weighted by Crippen LogP contribution is -2.31. The zero-order valence-electron chi connectivity index (χ0n) is 13.5. The highest BCUT2D eigenvalue weighted by Gasteiger charge is 2.25. The molecular weight excluding hydrogens is 342 g/mol. The molecule has 0 amide bonds. The van der Waals surface area contributed by atoms with Crippen LogP contribution in [0.1, 0.15) is 12.5 Å². The van der Waals surface area contributed by atoms with E-state index in [9.17, 15) is 8.42 Å². The van der Waals surface area contributed by atoms with Crippen LogP contribution in [-0.4, -0.2) is 15.0 Å². The minimum absolute atomic E-state index is 0.289. The van der Waals surface area contributed by atoms with Crippen molar-refractivity contribution >= 4 is 38.1 Å². The molecule has 0 aliphatic carbocycles. The average Bonchev–Trinajstić information content (AvgIpc) is 2.57. The van der Waals surface area contributed by atoms with Gasteiger partial charge < -0.3 is 0 Å². The van der Waals surface area contributed by atoms with E-state index < -0.39 is 10.0 Å². The van der Waals surface area contributed by atoms with Crippen molar-refractivity contribution in [3.8, 4) is 0 Å². The number of rotatable bonds is 4. The van der Waals surface area contributed by atoms with Gasteiger partial charge in [-0.3, -0.25) is 4.31 Å². The fraction of sp³-hybridized carbons (Fsp3) is 0.158. The Balaban J connectivity index is 2.12. The van der Waals surface area contributed by atoms with E-state index in [2.05, 4.69) is 0 Å². The average molecular weight is 360 g/mol. The second kappa shape index (κ2) is 6.46. The molecule has 124 valence electrons. The summed E-state index contributed by atoms with van der Waals surface area (Å²) in [6, 6.07) is 18.2. The van der Waals surface area contributed by atoms with Gasteiger partial charge in [-0.25, -0.2) is 8.42 Å². The van der Waals surface area contributed by atoms with Gasteiger partial charge in [0.05, 0.1) is 10.6 Å². The van der Waals surface area contributed by atoms with Crippen LogP contribution in [0.5, 0.6) is 0 Å². The first-order chi connectivity index (χ1) is 11.4. The Morgan fingerprint density at radius 1 is 0.958 bits per heavy atom. The monoisotopic (exact) mass is 359 g/mol. The minimum Gasteiger partial charge on any atom is -0.266 e. The molecule has 0 unspecified atom stereocenters. The molecule has 0 aliphatic rings. The van der Waals surface area contributed by atoms with E-state index in [-0.39, 0.29) is 4.90 Å². The molecule has 24 heavy (non-hydrogen) atoms. The molecule has 3 aromatic rings. The van der Waals surface area contributed by atoms with Crippen molar-refractivity contribution in [2.45, 2.75) is 18.7 Å². The first-order valence-corrected chi connectivity index (χ1v) is 9.53. The van der Waals surface area contributed by atoms with E-state index in [4.69, 9.17) is 11.6 Å². The molecule has 0 radical (unpaired) electrons. The maximum Gasteiger partial charge on any atom is 0.264 e. The predicted octanol–water partition coefficient (Wildman–Crippen LogP) is 5.02. The van der Waals surface area contributed by atoms with Crippen molar-refractivity contribution < 1.29 is 8.42 Å². The van der Waals surface area contributed by atoms with E-state index in [1.54, 1.807) is 30.3 Å². The van der Waals surface area contributed by atoms with Crippen molar-refractivity contribution in [2.24, 2.45) is 0 Å². The fourth-order valence-corrected chi connectivity index (χ4v) is 4.62. The van der Waals surface area contributed by atoms with E-state index in [0.717, 1.165) is 16.3 Å². The van der Waals surface area contributed by atoms with Crippen molar-refractivity contribution in [1.82, 2.24) is 0 Å². The third-order valence-corrected chi connectivity index (χ3v) is 6.14. The SMILES string of the molecule is CCN(c1ccc(Cl)cc1C)S(=O)(=O)c1ccc2ccccc2c1. The summed E-state index contributed by atoms with van der Waals surface area (Å²) in [5, 5.41) is 2.51. The van der Waals surface area contributed by atoms with Gasteiger partial charge >= 0.3 is 0 Å². The van der Waals surface area contributed by atoms with E-state index >= 15 is 0 Å². The largest absolute Gasteiger partial charge is 0.266 e. The number of benzene rings is 3. The number of nitrogens with zero attached hydrogens (tertiary/aromatic N) is 1. The molecule has 0 atom stereocenters. The Labute approximate surface area is 147 Å². The highest BCUT2D eigenvalue weighted by atomic mass is 35.5. The first-order valence-electron chi connectivity index (χ1n) is 7.71. The number of anilines is 1. The quantitative estimate of drug-likeness (QED) is 0.656. The lowest BCUT2D eigenvalue weighted by molar-refractivity contribution is 0.592. The summed E-state index contributed by atoms with van der Waals surface area (Å²) in [5.74, 6) is 0. The van der Waals surface area contributed by atoms with Gasteiger partial charge in [-0.2, -0.15) is 0 Å². The molecular formula is C19H18ClNO2S. The van der Waals surface area contributed by atoms with Crippen LogP contribution in [0.3, 0.4) is 0 Å². The number of hydrogen-bond acceptors (Lipinski definition) is 2. The van der Waals surface area contributed by atoms with E-state index in [1.165, 1.54) is 4.31 Å². The predicted molar refractivity (Wildman–Crippen MR) is 100 cm³/mol. The molecule has 0 aliphatic heterocycles. The number of hydrogen-bond donors (Lipinski definition) is 0. The summed E-state index contributed by atoms with van der Waals surface area (Å²) in [5.41, 5.74) is 1.48. The van der Waals surface area contributed by atoms with Gasteiger partial charge in [-0.1, -0.05) is 41.9 Å². The van der Waals surface area contributed by atoms with Crippen molar-refractivity contribution in [1.29, 1.82) is 0 Å². The lowest BCUT2D eigenvalue weighted by Gasteiger charge is -2.25. The number of sulfonamides is 1. The molecule has 0 N–H and O–H groups in total. The van der Waals surface area contributed by atoms with Crippen molar-refractivity contribution in [2.75, 3.05) is 10.8 Å². The molecule has 0 spiro atoms. The van der Waals surface area contributed by atoms with Gasteiger partial charge in [0.2, 0.25) is 0 Å². The topological polar surface area (TPSA) is 37.4 Å². The van der Waals surface area contributed by atoms with Gasteiger partial charge in [0, 0.05) is 11.6 Å². The number of aryl methyl sites for hydroxylation is 1. The molecule has 0 saturated carbocycles. The highest BCUT2D eigenvalue weighted by molar-refractivity contribution is 7.92. The number of halogens is 1. The maximum absolute atomic E-state index is 13.1. The first kappa shape index (κ1) is 16.8. The van der Waals surface area contributed by atoms with E-state index in [0.29, 0.717) is 17.3 Å². The summed E-state index contributed by atoms with van der Waals surface area (Å²) in [6.45, 7) is 4.03. The van der Waals surface area contributed by atoms with Gasteiger partial charge in [0.15, 0.2) is 0 Å². The van der Waals surface area contributed by atoms with Crippen LogP contribution in [0.4, 0.5) is 5.69 Å². The van der Waals surface area contributed by atoms with Crippen LogP contribution in [0, 0.1) is 6.92 Å². The Hall–Kier alpha value is -2.04. The normalized spacial score (nSPS) is 11.6. The lowest BCUT2D eigenvalue weighted by atomic mass is 10.1. The molecule has 0 aromatic heterocycles. The number of fused-ring (bicyclic) bond motifs is 1. The van der Waals surface area contributed by atoms with Crippen LogP contribution in [-0.2, 0) is 10.0 Å². The molecule has 3 nitrogen and oxygen atoms in total. The Morgan fingerprint density at radius 2 is 1.67 bits per heavy atom. The van der Waals surface area contributed by atoms with Crippen LogP contribution >= 0.6 is 11.6 Å². The molecule has 0 heterocycles. The third-order valence-electron chi connectivity index (χ3n) is 4.02. The van der Waals surface area contributed by atoms with E-state index in [1.807, 2.05) is 44.2 Å². The summed E-state index contributed by atoms with van der Waals surface area (Å²) in [6.07, 6.45) is 0. The zero-order chi connectivity index (χ0) is 17.3. The smallest absolute Gasteiger partial charge is 0.264 e. The summed E-state index contributed by atoms with van der Waals surface area (Å²) in [7, 11) is -3.64. The van der Waals surface area contributed by atoms with Crippen LogP contribution in [0.25, 0.3) is 10.8 Å². The second-order valence-electron chi connectivity index (χ2n) is 5.61. The molecule has 5 heteroatoms. The third kappa shape index (κ3) is 2.99. The van der Waals surface area contributed by atoms with Gasteiger partial charge in [-0.05, 0) is 60.5 Å². The Kier molecular flexibility index (Phi) is 4.52. The van der Waals surface area contributed by atoms with Crippen LogP contribution in [0.2, 0.25) is 5.02 Å². The summed E-state index contributed by atoms with van der Waals surface area (Å²) in [4.78, 5) is 0.289. The molecule has 0 bridgehead atoms. The minimum atomic E-state index is -3.64. The maximum atomic E-state index is 13.1. The van der Waals surface area contributed by atoms with Crippen LogP contribution in [0.15, 0.2) is 65.6 Å². The van der Waals surface area contributed by atoms with Gasteiger partial charge in [0.25, 0.3) is 10.0 Å². The molecule has 3 rings (SSSR count). The van der Waals surface area contributed by atoms with Gasteiger partial charge in [0.1, 0.15) is 0 Å². The van der Waals surface area contributed by atoms with Crippen LogP contribution < -0.4 is 4.31 Å². The standard InChI is InChI=1S/C19H18ClNO2S/c1-3-21(19-11-9-17(20)12-14(19)2)24(22,23)18-10-8-15-6-4-5-7-16(15)13-18/h4-13H,3H2,1-2H3. The Bertz CT molecular complexity index is 999. The second-order valence-corrected chi connectivity index (χ2v) is 7.91. The molecule has 3 aromatic carbocycles.